The third kappa shape index (κ3) is 2.56. The van der Waals surface area contributed by atoms with Gasteiger partial charge in [-0.05, 0) is 44.5 Å². The van der Waals surface area contributed by atoms with Gasteiger partial charge < -0.3 is 20.8 Å². The number of phenols is 2. The Bertz CT molecular complexity index is 442. The lowest BCUT2D eigenvalue weighted by Gasteiger charge is -2.20. The molecular formula is C13H18N2O3. The zero-order valence-corrected chi connectivity index (χ0v) is 10.3. The van der Waals surface area contributed by atoms with Gasteiger partial charge in [-0.15, -0.1) is 0 Å². The molecule has 98 valence electrons. The molecule has 1 heterocycles. The second-order valence-corrected chi connectivity index (χ2v) is 4.69. The lowest BCUT2D eigenvalue weighted by molar-refractivity contribution is 0.0925. The van der Waals surface area contributed by atoms with Crippen LogP contribution in [0.4, 0.5) is 0 Å². The van der Waals surface area contributed by atoms with Gasteiger partial charge in [0.05, 0.1) is 5.56 Å². The molecule has 1 saturated heterocycles. The van der Waals surface area contributed by atoms with Crippen LogP contribution < -0.4 is 10.6 Å². The van der Waals surface area contributed by atoms with Crippen molar-refractivity contribution in [3.63, 3.8) is 0 Å². The summed E-state index contributed by atoms with van der Waals surface area (Å²) in [5, 5.41) is 25.1. The third-order valence-electron chi connectivity index (χ3n) is 3.42. The van der Waals surface area contributed by atoms with Crippen molar-refractivity contribution in [2.75, 3.05) is 13.1 Å². The molecule has 0 radical (unpaired) electrons. The monoisotopic (exact) mass is 250 g/mol. The Morgan fingerprint density at radius 3 is 2.94 bits per heavy atom. The molecule has 0 aromatic heterocycles. The van der Waals surface area contributed by atoms with Crippen LogP contribution in [0.15, 0.2) is 18.2 Å². The average Bonchev–Trinajstić information content (AvgIpc) is 2.86. The molecule has 1 aliphatic rings. The molecule has 4 N–H and O–H groups in total. The number of hydrogen-bond donors (Lipinski definition) is 4. The van der Waals surface area contributed by atoms with Crippen molar-refractivity contribution in [1.29, 1.82) is 0 Å². The first-order chi connectivity index (χ1) is 8.59. The van der Waals surface area contributed by atoms with Gasteiger partial charge in [0, 0.05) is 6.04 Å². The van der Waals surface area contributed by atoms with Gasteiger partial charge in [0.1, 0.15) is 0 Å². The smallest absolute Gasteiger partial charge is 0.255 e. The van der Waals surface area contributed by atoms with Crippen LogP contribution in [0, 0.1) is 5.92 Å². The maximum absolute atomic E-state index is 12.0. The highest BCUT2D eigenvalue weighted by Crippen LogP contribution is 2.28. The molecule has 5 heteroatoms. The molecule has 18 heavy (non-hydrogen) atoms. The predicted octanol–water partition coefficient (Wildman–Crippen LogP) is 0.826. The van der Waals surface area contributed by atoms with E-state index in [-0.39, 0.29) is 29.0 Å². The fourth-order valence-electron chi connectivity index (χ4n) is 2.22. The molecule has 0 aliphatic carbocycles. The van der Waals surface area contributed by atoms with Gasteiger partial charge in [-0.1, -0.05) is 6.07 Å². The highest BCUT2D eigenvalue weighted by molar-refractivity contribution is 5.97. The number of rotatable bonds is 3. The van der Waals surface area contributed by atoms with Gasteiger partial charge in [0.25, 0.3) is 5.91 Å². The van der Waals surface area contributed by atoms with Crippen LogP contribution >= 0.6 is 0 Å². The van der Waals surface area contributed by atoms with Crippen LogP contribution in [0.3, 0.4) is 0 Å². The van der Waals surface area contributed by atoms with Gasteiger partial charge in [-0.2, -0.15) is 0 Å². The molecule has 1 aromatic carbocycles. The van der Waals surface area contributed by atoms with Gasteiger partial charge >= 0.3 is 0 Å². The first-order valence-electron chi connectivity index (χ1n) is 6.12. The Labute approximate surface area is 106 Å². The number of nitrogens with one attached hydrogen (secondary N) is 2. The quantitative estimate of drug-likeness (QED) is 0.599. The lowest BCUT2D eigenvalue weighted by Crippen LogP contribution is -2.38. The van der Waals surface area contributed by atoms with Crippen molar-refractivity contribution in [2.45, 2.75) is 19.4 Å². The van der Waals surface area contributed by atoms with E-state index >= 15 is 0 Å². The molecule has 2 unspecified atom stereocenters. The summed E-state index contributed by atoms with van der Waals surface area (Å²) >= 11 is 0. The summed E-state index contributed by atoms with van der Waals surface area (Å²) in [4.78, 5) is 12.0. The van der Waals surface area contributed by atoms with Crippen molar-refractivity contribution in [3.05, 3.63) is 23.8 Å². The van der Waals surface area contributed by atoms with E-state index in [2.05, 4.69) is 10.6 Å². The standard InChI is InChI=1S/C13H18N2O3/c1-8(9-5-6-14-7-9)15-13(18)10-3-2-4-11(16)12(10)17/h2-4,8-9,14,16-17H,5-7H2,1H3,(H,15,18). The van der Waals surface area contributed by atoms with E-state index in [0.29, 0.717) is 5.92 Å². The van der Waals surface area contributed by atoms with E-state index in [1.807, 2.05) is 6.92 Å². The van der Waals surface area contributed by atoms with E-state index < -0.39 is 0 Å². The Morgan fingerprint density at radius 2 is 2.28 bits per heavy atom. The minimum Gasteiger partial charge on any atom is -0.504 e. The number of aromatic hydroxyl groups is 2. The number of benzene rings is 1. The zero-order valence-electron chi connectivity index (χ0n) is 10.3. The maximum atomic E-state index is 12.0. The molecule has 1 amide bonds. The van der Waals surface area contributed by atoms with Crippen LogP contribution in [-0.2, 0) is 0 Å². The van der Waals surface area contributed by atoms with Crippen molar-refractivity contribution in [1.82, 2.24) is 10.6 Å². The molecule has 0 saturated carbocycles. The molecule has 0 bridgehead atoms. The molecule has 1 aliphatic heterocycles. The van der Waals surface area contributed by atoms with Gasteiger partial charge in [-0.25, -0.2) is 0 Å². The Hall–Kier alpha value is -1.75. The van der Waals surface area contributed by atoms with E-state index in [0.717, 1.165) is 19.5 Å². The molecular weight excluding hydrogens is 232 g/mol. The fraction of sp³-hybridized carbons (Fsp3) is 0.462. The Balaban J connectivity index is 2.05. The minimum atomic E-state index is -0.369. The number of hydrogen-bond acceptors (Lipinski definition) is 4. The zero-order chi connectivity index (χ0) is 13.1. The number of amides is 1. The lowest BCUT2D eigenvalue weighted by atomic mass is 10.00. The van der Waals surface area contributed by atoms with Crippen LogP contribution in [0.2, 0.25) is 0 Å². The third-order valence-corrected chi connectivity index (χ3v) is 3.42. The average molecular weight is 250 g/mol. The number of carbonyl (C=O) groups excluding carboxylic acids is 1. The second-order valence-electron chi connectivity index (χ2n) is 4.69. The van der Waals surface area contributed by atoms with Crippen molar-refractivity contribution < 1.29 is 15.0 Å². The summed E-state index contributed by atoms with van der Waals surface area (Å²) in [6, 6.07) is 4.40. The normalized spacial score (nSPS) is 20.6. The van der Waals surface area contributed by atoms with E-state index in [9.17, 15) is 15.0 Å². The topological polar surface area (TPSA) is 81.6 Å². The Kier molecular flexibility index (Phi) is 3.72. The van der Waals surface area contributed by atoms with Crippen LogP contribution in [-0.4, -0.2) is 35.3 Å². The molecule has 5 nitrogen and oxygen atoms in total. The number of para-hydroxylation sites is 1. The number of phenolic OH excluding ortho intramolecular Hbond substituents is 2. The summed E-state index contributed by atoms with van der Waals surface area (Å²) < 4.78 is 0. The summed E-state index contributed by atoms with van der Waals surface area (Å²) in [6.45, 7) is 3.82. The fourth-order valence-corrected chi connectivity index (χ4v) is 2.22. The van der Waals surface area contributed by atoms with Crippen molar-refractivity contribution in [3.8, 4) is 11.5 Å². The Morgan fingerprint density at radius 1 is 1.50 bits per heavy atom. The largest absolute Gasteiger partial charge is 0.504 e. The summed E-state index contributed by atoms with van der Waals surface area (Å²) in [5.74, 6) is -0.596. The first-order valence-corrected chi connectivity index (χ1v) is 6.12. The molecule has 1 aromatic rings. The minimum absolute atomic E-state index is 0.0363. The van der Waals surface area contributed by atoms with E-state index in [4.69, 9.17) is 0 Å². The highest BCUT2D eigenvalue weighted by Gasteiger charge is 2.24. The predicted molar refractivity (Wildman–Crippen MR) is 67.7 cm³/mol. The summed E-state index contributed by atoms with van der Waals surface area (Å²) in [7, 11) is 0. The van der Waals surface area contributed by atoms with Crippen molar-refractivity contribution >= 4 is 5.91 Å². The van der Waals surface area contributed by atoms with Gasteiger partial charge in [0.15, 0.2) is 11.5 Å². The van der Waals surface area contributed by atoms with Gasteiger partial charge in [0.2, 0.25) is 0 Å². The first kappa shape index (κ1) is 12.7. The van der Waals surface area contributed by atoms with E-state index in [1.54, 1.807) is 0 Å². The summed E-state index contributed by atoms with van der Waals surface area (Å²) in [5.41, 5.74) is 0.104. The number of carbonyl (C=O) groups is 1. The molecule has 2 atom stereocenters. The van der Waals surface area contributed by atoms with Crippen molar-refractivity contribution in [2.24, 2.45) is 5.92 Å². The van der Waals surface area contributed by atoms with Crippen LogP contribution in [0.25, 0.3) is 0 Å². The maximum Gasteiger partial charge on any atom is 0.255 e. The van der Waals surface area contributed by atoms with Crippen LogP contribution in [0.5, 0.6) is 11.5 Å². The van der Waals surface area contributed by atoms with Crippen LogP contribution in [0.1, 0.15) is 23.7 Å². The molecule has 1 fully saturated rings. The SMILES string of the molecule is CC(NC(=O)c1cccc(O)c1O)C1CCNC1. The summed E-state index contributed by atoms with van der Waals surface area (Å²) in [6.07, 6.45) is 1.04. The molecule has 0 spiro atoms. The van der Waals surface area contributed by atoms with Gasteiger partial charge in [-0.3, -0.25) is 4.79 Å². The second kappa shape index (κ2) is 5.27. The molecule has 2 rings (SSSR count). The highest BCUT2D eigenvalue weighted by atomic mass is 16.3. The van der Waals surface area contributed by atoms with E-state index in [1.165, 1.54) is 18.2 Å².